The van der Waals surface area contributed by atoms with E-state index in [4.69, 9.17) is 0 Å². The van der Waals surface area contributed by atoms with Crippen molar-refractivity contribution in [1.82, 2.24) is 10.6 Å². The normalized spacial score (nSPS) is 26.2. The molecule has 2 N–H and O–H groups in total. The molecule has 134 valence electrons. The zero-order chi connectivity index (χ0) is 16.3. The predicted molar refractivity (Wildman–Crippen MR) is 97.0 cm³/mol. The van der Waals surface area contributed by atoms with Crippen LogP contribution in [0.1, 0.15) is 51.0 Å². The Morgan fingerprint density at radius 1 is 1.29 bits per heavy atom. The summed E-state index contributed by atoms with van der Waals surface area (Å²) in [5.74, 6) is 0.276. The summed E-state index contributed by atoms with van der Waals surface area (Å²) in [6.45, 7) is 4.06. The van der Waals surface area contributed by atoms with Crippen molar-refractivity contribution in [3.05, 3.63) is 35.6 Å². The minimum atomic E-state index is -0.551. The molecule has 2 aliphatic rings. The smallest absolute Gasteiger partial charge is 0.230 e. The number of halogens is 2. The number of hydrogen-bond donors (Lipinski definition) is 2. The van der Waals surface area contributed by atoms with E-state index in [2.05, 4.69) is 17.6 Å². The summed E-state index contributed by atoms with van der Waals surface area (Å²) in [6.07, 6.45) is 5.83. The second-order valence-corrected chi connectivity index (χ2v) is 7.20. The second kappa shape index (κ2) is 8.30. The van der Waals surface area contributed by atoms with E-state index in [0.29, 0.717) is 5.92 Å². The van der Waals surface area contributed by atoms with Gasteiger partial charge in [0.1, 0.15) is 5.82 Å². The minimum Gasteiger partial charge on any atom is -0.352 e. The Kier molecular flexibility index (Phi) is 6.64. The van der Waals surface area contributed by atoms with Crippen LogP contribution in [0.2, 0.25) is 0 Å². The van der Waals surface area contributed by atoms with E-state index >= 15 is 0 Å². The van der Waals surface area contributed by atoms with Gasteiger partial charge in [-0.3, -0.25) is 4.79 Å². The molecule has 0 spiro atoms. The number of carbonyl (C=O) groups is 1. The van der Waals surface area contributed by atoms with Crippen LogP contribution in [0.25, 0.3) is 0 Å². The van der Waals surface area contributed by atoms with E-state index in [0.717, 1.165) is 57.2 Å². The Morgan fingerprint density at radius 3 is 2.71 bits per heavy atom. The summed E-state index contributed by atoms with van der Waals surface area (Å²) in [7, 11) is 0. The van der Waals surface area contributed by atoms with Gasteiger partial charge in [-0.25, -0.2) is 4.39 Å². The molecule has 1 amide bonds. The van der Waals surface area contributed by atoms with E-state index in [1.807, 2.05) is 6.07 Å². The molecule has 1 aliphatic heterocycles. The number of piperidine rings is 1. The highest BCUT2D eigenvalue weighted by Crippen LogP contribution is 2.40. The van der Waals surface area contributed by atoms with E-state index in [9.17, 15) is 9.18 Å². The molecular weight excluding hydrogens is 327 g/mol. The molecule has 2 fully saturated rings. The number of hydrogen-bond acceptors (Lipinski definition) is 2. The summed E-state index contributed by atoms with van der Waals surface area (Å²) in [5.41, 5.74) is 0.293. The van der Waals surface area contributed by atoms with Crippen molar-refractivity contribution in [2.24, 2.45) is 5.92 Å². The van der Waals surface area contributed by atoms with Gasteiger partial charge < -0.3 is 10.6 Å². The van der Waals surface area contributed by atoms with Crippen LogP contribution in [-0.4, -0.2) is 25.0 Å². The topological polar surface area (TPSA) is 41.1 Å². The molecule has 1 saturated heterocycles. The molecule has 0 bridgehead atoms. The van der Waals surface area contributed by atoms with Crippen molar-refractivity contribution in [2.75, 3.05) is 13.1 Å². The first kappa shape index (κ1) is 19.2. The Labute approximate surface area is 150 Å². The van der Waals surface area contributed by atoms with Crippen LogP contribution in [0.4, 0.5) is 4.39 Å². The molecule has 2 unspecified atom stereocenters. The number of nitrogens with one attached hydrogen (secondary N) is 2. The van der Waals surface area contributed by atoms with Crippen LogP contribution in [-0.2, 0) is 10.2 Å². The van der Waals surface area contributed by atoms with Crippen molar-refractivity contribution in [2.45, 2.75) is 56.9 Å². The quantitative estimate of drug-likeness (QED) is 0.871. The van der Waals surface area contributed by atoms with Crippen LogP contribution >= 0.6 is 12.4 Å². The van der Waals surface area contributed by atoms with Gasteiger partial charge in [0.2, 0.25) is 5.91 Å². The van der Waals surface area contributed by atoms with E-state index in [1.54, 1.807) is 12.1 Å². The minimum absolute atomic E-state index is 0. The molecule has 1 aliphatic carbocycles. The lowest BCUT2D eigenvalue weighted by atomic mass is 9.68. The van der Waals surface area contributed by atoms with Crippen LogP contribution in [0, 0.1) is 11.7 Å². The van der Waals surface area contributed by atoms with Crippen molar-refractivity contribution in [3.8, 4) is 0 Å². The third kappa shape index (κ3) is 3.92. The molecule has 0 radical (unpaired) electrons. The van der Waals surface area contributed by atoms with E-state index in [1.165, 1.54) is 6.07 Å². The third-order valence-electron chi connectivity index (χ3n) is 5.62. The maximum atomic E-state index is 13.7. The maximum absolute atomic E-state index is 13.7. The SMILES string of the molecule is CC1CNCCC1NC(=O)C1(c2cccc(F)c2)CCCCC1.Cl. The summed E-state index contributed by atoms with van der Waals surface area (Å²) in [6, 6.07) is 6.86. The van der Waals surface area contributed by atoms with E-state index < -0.39 is 5.41 Å². The standard InChI is InChI=1S/C19H27FN2O.ClH/c1-14-13-21-11-8-17(14)22-18(23)19(9-3-2-4-10-19)15-6-5-7-16(20)12-15;/h5-7,12,14,17,21H,2-4,8-11,13H2,1H3,(H,22,23);1H. The number of amides is 1. The first-order valence-corrected chi connectivity index (χ1v) is 8.89. The lowest BCUT2D eigenvalue weighted by Gasteiger charge is -2.39. The molecule has 24 heavy (non-hydrogen) atoms. The summed E-state index contributed by atoms with van der Waals surface area (Å²) < 4.78 is 13.7. The van der Waals surface area contributed by atoms with Crippen LogP contribution in [0.5, 0.6) is 0 Å². The fourth-order valence-electron chi connectivity index (χ4n) is 4.12. The highest BCUT2D eigenvalue weighted by Gasteiger charge is 2.42. The Bertz CT molecular complexity index is 560. The fraction of sp³-hybridized carbons (Fsp3) is 0.632. The molecule has 1 aromatic rings. The van der Waals surface area contributed by atoms with Crippen molar-refractivity contribution >= 4 is 18.3 Å². The Hall–Kier alpha value is -1.13. The molecule has 3 nitrogen and oxygen atoms in total. The van der Waals surface area contributed by atoms with Gasteiger partial charge in [0, 0.05) is 6.04 Å². The summed E-state index contributed by atoms with van der Waals surface area (Å²) in [4.78, 5) is 13.2. The van der Waals surface area contributed by atoms with Gasteiger partial charge in [0.15, 0.2) is 0 Å². The molecular formula is C19H28ClFN2O. The Morgan fingerprint density at radius 2 is 2.04 bits per heavy atom. The van der Waals surface area contributed by atoms with Crippen LogP contribution < -0.4 is 10.6 Å². The molecule has 2 atom stereocenters. The zero-order valence-electron chi connectivity index (χ0n) is 14.3. The van der Waals surface area contributed by atoms with Crippen LogP contribution in [0.15, 0.2) is 24.3 Å². The van der Waals surface area contributed by atoms with Crippen molar-refractivity contribution in [3.63, 3.8) is 0 Å². The molecule has 5 heteroatoms. The van der Waals surface area contributed by atoms with Gasteiger partial charge in [-0.1, -0.05) is 38.3 Å². The predicted octanol–water partition coefficient (Wildman–Crippen LogP) is 3.56. The van der Waals surface area contributed by atoms with Gasteiger partial charge >= 0.3 is 0 Å². The summed E-state index contributed by atoms with van der Waals surface area (Å²) in [5, 5.41) is 6.66. The second-order valence-electron chi connectivity index (χ2n) is 7.20. The van der Waals surface area contributed by atoms with E-state index in [-0.39, 0.29) is 30.2 Å². The zero-order valence-corrected chi connectivity index (χ0v) is 15.1. The third-order valence-corrected chi connectivity index (χ3v) is 5.62. The molecule has 1 heterocycles. The lowest BCUT2D eigenvalue weighted by Crippen LogP contribution is -2.54. The summed E-state index contributed by atoms with van der Waals surface area (Å²) >= 11 is 0. The highest BCUT2D eigenvalue weighted by atomic mass is 35.5. The van der Waals surface area contributed by atoms with Gasteiger partial charge in [0.05, 0.1) is 5.41 Å². The average molecular weight is 355 g/mol. The molecule has 0 aromatic heterocycles. The number of rotatable bonds is 3. The molecule has 1 aromatic carbocycles. The maximum Gasteiger partial charge on any atom is 0.230 e. The number of carbonyl (C=O) groups excluding carboxylic acids is 1. The Balaban J connectivity index is 0.00000208. The van der Waals surface area contributed by atoms with Gasteiger partial charge in [-0.15, -0.1) is 12.4 Å². The highest BCUT2D eigenvalue weighted by molar-refractivity contribution is 5.88. The number of benzene rings is 1. The van der Waals surface area contributed by atoms with Crippen LogP contribution in [0.3, 0.4) is 0 Å². The first-order chi connectivity index (χ1) is 11.1. The average Bonchev–Trinajstić information content (AvgIpc) is 2.57. The fourth-order valence-corrected chi connectivity index (χ4v) is 4.12. The van der Waals surface area contributed by atoms with Crippen molar-refractivity contribution < 1.29 is 9.18 Å². The molecule has 3 rings (SSSR count). The largest absolute Gasteiger partial charge is 0.352 e. The van der Waals surface area contributed by atoms with Gasteiger partial charge in [-0.05, 0) is 56.0 Å². The van der Waals surface area contributed by atoms with Gasteiger partial charge in [-0.2, -0.15) is 0 Å². The monoisotopic (exact) mass is 354 g/mol. The molecule has 1 saturated carbocycles. The van der Waals surface area contributed by atoms with Crippen molar-refractivity contribution in [1.29, 1.82) is 0 Å². The first-order valence-electron chi connectivity index (χ1n) is 8.89. The lowest BCUT2D eigenvalue weighted by molar-refractivity contribution is -0.129. The van der Waals surface area contributed by atoms with Gasteiger partial charge in [0.25, 0.3) is 0 Å².